The molecule has 2 N–H and O–H groups in total. The third kappa shape index (κ3) is 4.85. The molecule has 1 aromatic heterocycles. The average molecular weight is 327 g/mol. The molecule has 0 radical (unpaired) electrons. The first-order valence-electron chi connectivity index (χ1n) is 8.48. The molecule has 1 aromatic carbocycles. The quantitative estimate of drug-likeness (QED) is 0.634. The number of hydrogen-bond acceptors (Lipinski definition) is 2. The van der Waals surface area contributed by atoms with Gasteiger partial charge in [-0.1, -0.05) is 43.7 Å². The lowest BCUT2D eigenvalue weighted by Gasteiger charge is -2.27. The van der Waals surface area contributed by atoms with E-state index in [-0.39, 0.29) is 5.41 Å². The summed E-state index contributed by atoms with van der Waals surface area (Å²) < 4.78 is 1.85. The summed E-state index contributed by atoms with van der Waals surface area (Å²) in [6.07, 6.45) is 1.80. The molecule has 1 heterocycles. The molecule has 0 aliphatic rings. The van der Waals surface area contributed by atoms with Gasteiger partial charge in [-0.2, -0.15) is 5.10 Å². The second-order valence-electron chi connectivity index (χ2n) is 6.75. The zero-order valence-corrected chi connectivity index (χ0v) is 15.4. The van der Waals surface area contributed by atoms with Gasteiger partial charge in [0.1, 0.15) is 0 Å². The van der Waals surface area contributed by atoms with Crippen LogP contribution in [0.3, 0.4) is 0 Å². The Hall–Kier alpha value is -2.30. The van der Waals surface area contributed by atoms with Gasteiger partial charge in [0.2, 0.25) is 0 Å². The Morgan fingerprint density at radius 3 is 2.67 bits per heavy atom. The summed E-state index contributed by atoms with van der Waals surface area (Å²) in [6.45, 7) is 11.0. The highest BCUT2D eigenvalue weighted by Gasteiger charge is 2.21. The van der Waals surface area contributed by atoms with Gasteiger partial charge < -0.3 is 10.6 Å². The molecule has 0 amide bonds. The Balaban J connectivity index is 2.03. The molecule has 0 fully saturated rings. The van der Waals surface area contributed by atoms with Gasteiger partial charge in [0, 0.05) is 31.7 Å². The van der Waals surface area contributed by atoms with Crippen molar-refractivity contribution in [2.24, 2.45) is 12.0 Å². The lowest BCUT2D eigenvalue weighted by molar-refractivity contribution is 0.508. The number of rotatable bonds is 6. The molecule has 24 heavy (non-hydrogen) atoms. The van der Waals surface area contributed by atoms with Crippen LogP contribution in [0.1, 0.15) is 37.6 Å². The van der Waals surface area contributed by atoms with Crippen molar-refractivity contribution in [1.82, 2.24) is 20.4 Å². The van der Waals surface area contributed by atoms with Gasteiger partial charge in [-0.25, -0.2) is 4.99 Å². The van der Waals surface area contributed by atoms with Crippen LogP contribution in [0.5, 0.6) is 0 Å². The second-order valence-corrected chi connectivity index (χ2v) is 6.75. The molecule has 0 aliphatic carbocycles. The van der Waals surface area contributed by atoms with Gasteiger partial charge in [0.05, 0.1) is 12.2 Å². The van der Waals surface area contributed by atoms with E-state index in [1.54, 1.807) is 6.20 Å². The number of benzene rings is 1. The highest BCUT2D eigenvalue weighted by molar-refractivity contribution is 5.79. The lowest BCUT2D eigenvalue weighted by Crippen LogP contribution is -2.43. The van der Waals surface area contributed by atoms with Crippen LogP contribution in [0, 0.1) is 6.92 Å². The van der Waals surface area contributed by atoms with Crippen LogP contribution in [0.15, 0.2) is 41.5 Å². The first kappa shape index (κ1) is 18.0. The number of nitrogens with zero attached hydrogens (tertiary/aromatic N) is 3. The van der Waals surface area contributed by atoms with E-state index in [1.165, 1.54) is 11.1 Å². The molecule has 5 nitrogen and oxygen atoms in total. The summed E-state index contributed by atoms with van der Waals surface area (Å²) >= 11 is 0. The van der Waals surface area contributed by atoms with E-state index in [9.17, 15) is 0 Å². The minimum Gasteiger partial charge on any atom is -0.357 e. The maximum absolute atomic E-state index is 4.66. The van der Waals surface area contributed by atoms with Gasteiger partial charge in [-0.3, -0.25) is 4.68 Å². The summed E-state index contributed by atoms with van der Waals surface area (Å²) in [5, 5.41) is 11.0. The third-order valence-electron chi connectivity index (χ3n) is 4.16. The van der Waals surface area contributed by atoms with Crippen molar-refractivity contribution in [2.45, 2.75) is 39.7 Å². The summed E-state index contributed by atoms with van der Waals surface area (Å²) in [7, 11) is 1.94. The van der Waals surface area contributed by atoms with Crippen molar-refractivity contribution in [3.8, 4) is 0 Å². The molecule has 2 aromatic rings. The Morgan fingerprint density at radius 2 is 2.04 bits per heavy atom. The molecule has 2 rings (SSSR count). The largest absolute Gasteiger partial charge is 0.357 e. The minimum absolute atomic E-state index is 0.0226. The van der Waals surface area contributed by atoms with Crippen molar-refractivity contribution < 1.29 is 0 Å². The molecule has 5 heteroatoms. The SMILES string of the molecule is CCNC(=NCc1ccnn1C)NCC(C)(C)c1cccc(C)c1. The van der Waals surface area contributed by atoms with E-state index in [0.717, 1.165) is 24.7 Å². The number of aryl methyl sites for hydroxylation is 2. The fourth-order valence-corrected chi connectivity index (χ4v) is 2.53. The van der Waals surface area contributed by atoms with Crippen LogP contribution in [-0.2, 0) is 19.0 Å². The second kappa shape index (κ2) is 7.99. The smallest absolute Gasteiger partial charge is 0.191 e. The Bertz CT molecular complexity index is 685. The van der Waals surface area contributed by atoms with Crippen molar-refractivity contribution in [1.29, 1.82) is 0 Å². The Morgan fingerprint density at radius 1 is 1.25 bits per heavy atom. The first-order chi connectivity index (χ1) is 11.4. The maximum atomic E-state index is 4.66. The van der Waals surface area contributed by atoms with Crippen molar-refractivity contribution in [3.05, 3.63) is 53.3 Å². The lowest BCUT2D eigenvalue weighted by atomic mass is 9.84. The Labute approximate surface area is 145 Å². The van der Waals surface area contributed by atoms with Crippen LogP contribution in [0.4, 0.5) is 0 Å². The topological polar surface area (TPSA) is 54.2 Å². The van der Waals surface area contributed by atoms with E-state index in [0.29, 0.717) is 6.54 Å². The molecular weight excluding hydrogens is 298 g/mol. The number of nitrogens with one attached hydrogen (secondary N) is 2. The predicted octanol–water partition coefficient (Wildman–Crippen LogP) is 2.76. The van der Waals surface area contributed by atoms with E-state index in [4.69, 9.17) is 0 Å². The monoisotopic (exact) mass is 327 g/mol. The van der Waals surface area contributed by atoms with Crippen LogP contribution in [-0.4, -0.2) is 28.8 Å². The molecule has 0 spiro atoms. The van der Waals surface area contributed by atoms with Crippen molar-refractivity contribution in [2.75, 3.05) is 13.1 Å². The fraction of sp³-hybridized carbons (Fsp3) is 0.474. The highest BCUT2D eigenvalue weighted by Crippen LogP contribution is 2.22. The number of guanidine groups is 1. The molecule has 0 unspecified atom stereocenters. The summed E-state index contributed by atoms with van der Waals surface area (Å²) in [5.41, 5.74) is 3.73. The highest BCUT2D eigenvalue weighted by atomic mass is 15.3. The van der Waals surface area contributed by atoms with Gasteiger partial charge in [-0.15, -0.1) is 0 Å². The summed E-state index contributed by atoms with van der Waals surface area (Å²) in [6, 6.07) is 10.7. The third-order valence-corrected chi connectivity index (χ3v) is 4.16. The van der Waals surface area contributed by atoms with Crippen LogP contribution < -0.4 is 10.6 Å². The summed E-state index contributed by atoms with van der Waals surface area (Å²) in [5.74, 6) is 0.833. The number of hydrogen-bond donors (Lipinski definition) is 2. The molecule has 0 bridgehead atoms. The summed E-state index contributed by atoms with van der Waals surface area (Å²) in [4.78, 5) is 4.66. The average Bonchev–Trinajstić information content (AvgIpc) is 2.95. The van der Waals surface area contributed by atoms with E-state index < -0.39 is 0 Å². The van der Waals surface area contributed by atoms with Gasteiger partial charge in [0.25, 0.3) is 0 Å². The fourth-order valence-electron chi connectivity index (χ4n) is 2.53. The molecule has 130 valence electrons. The number of aliphatic imine (C=N–C) groups is 1. The molecule has 0 aliphatic heterocycles. The zero-order valence-electron chi connectivity index (χ0n) is 15.4. The molecule has 0 atom stereocenters. The maximum Gasteiger partial charge on any atom is 0.191 e. The standard InChI is InChI=1S/C19H29N5/c1-6-20-18(21-13-17-10-11-23-24(17)5)22-14-19(3,4)16-9-7-8-15(2)12-16/h7-12H,6,13-14H2,1-5H3,(H2,20,21,22). The first-order valence-corrected chi connectivity index (χ1v) is 8.48. The van der Waals surface area contributed by atoms with Crippen LogP contribution in [0.25, 0.3) is 0 Å². The molecule has 0 saturated carbocycles. The van der Waals surface area contributed by atoms with Crippen LogP contribution >= 0.6 is 0 Å². The molecular formula is C19H29N5. The van der Waals surface area contributed by atoms with Gasteiger partial charge >= 0.3 is 0 Å². The minimum atomic E-state index is 0.0226. The van der Waals surface area contributed by atoms with Crippen molar-refractivity contribution in [3.63, 3.8) is 0 Å². The Kier molecular flexibility index (Phi) is 6.01. The van der Waals surface area contributed by atoms with E-state index >= 15 is 0 Å². The zero-order chi connectivity index (χ0) is 17.6. The van der Waals surface area contributed by atoms with Crippen molar-refractivity contribution >= 4 is 5.96 Å². The van der Waals surface area contributed by atoms with Crippen LogP contribution in [0.2, 0.25) is 0 Å². The molecule has 0 saturated heterocycles. The van der Waals surface area contributed by atoms with E-state index in [1.807, 2.05) is 17.8 Å². The van der Waals surface area contributed by atoms with E-state index in [2.05, 4.69) is 72.7 Å². The normalized spacial score (nSPS) is 12.3. The van der Waals surface area contributed by atoms with Gasteiger partial charge in [-0.05, 0) is 25.5 Å². The predicted molar refractivity (Wildman–Crippen MR) is 100 cm³/mol. The number of aromatic nitrogens is 2. The van der Waals surface area contributed by atoms with Gasteiger partial charge in [0.15, 0.2) is 5.96 Å².